The minimum absolute atomic E-state index is 0.0836. The average Bonchev–Trinajstić information content (AvgIpc) is 3.57. The number of hydrogen-bond donors (Lipinski definition) is 2. The van der Waals surface area contributed by atoms with Crippen molar-refractivity contribution >= 4 is 40.6 Å². The minimum Gasteiger partial charge on any atom is -0.508 e. The van der Waals surface area contributed by atoms with Gasteiger partial charge in [-0.2, -0.15) is 0 Å². The van der Waals surface area contributed by atoms with Gasteiger partial charge in [-0.25, -0.2) is 0 Å². The van der Waals surface area contributed by atoms with E-state index in [9.17, 15) is 14.7 Å². The summed E-state index contributed by atoms with van der Waals surface area (Å²) in [7, 11) is 0. The summed E-state index contributed by atoms with van der Waals surface area (Å²) >= 11 is 0. The van der Waals surface area contributed by atoms with Crippen LogP contribution >= 0.6 is 0 Å². The lowest BCUT2D eigenvalue weighted by atomic mass is 10.0. The lowest BCUT2D eigenvalue weighted by molar-refractivity contribution is -0.133. The summed E-state index contributed by atoms with van der Waals surface area (Å²) in [6.45, 7) is 0. The predicted octanol–water partition coefficient (Wildman–Crippen LogP) is 7.13. The van der Waals surface area contributed by atoms with E-state index in [2.05, 4.69) is 17.1 Å². The molecule has 0 spiro atoms. The van der Waals surface area contributed by atoms with Crippen LogP contribution in [0.5, 0.6) is 17.2 Å². The smallest absolute Gasteiger partial charge is 0.315 e. The Hall–Kier alpha value is -5.36. The fraction of sp³-hybridized carbons (Fsp3) is 0.0857. The quantitative estimate of drug-likeness (QED) is 0.124. The maximum absolute atomic E-state index is 13.0. The SMILES string of the molecule is O=C(CC1=CCc2ccccc21)Oc1cc(/C=C/c2ccc(O)cc2)cc(OC(=O)Cc2c[nH]c3ccccc23)c1. The van der Waals surface area contributed by atoms with Gasteiger partial charge < -0.3 is 19.6 Å². The van der Waals surface area contributed by atoms with Crippen molar-refractivity contribution in [3.8, 4) is 17.2 Å². The first kappa shape index (κ1) is 25.9. The molecule has 0 saturated carbocycles. The van der Waals surface area contributed by atoms with Gasteiger partial charge in [0.2, 0.25) is 0 Å². The van der Waals surface area contributed by atoms with E-state index < -0.39 is 11.9 Å². The second-order valence-electron chi connectivity index (χ2n) is 9.91. The highest BCUT2D eigenvalue weighted by atomic mass is 16.5. The number of phenolic OH excluding ortho intramolecular Hbond substituents is 1. The van der Waals surface area contributed by atoms with Crippen molar-refractivity contribution in [2.24, 2.45) is 0 Å². The molecule has 4 aromatic carbocycles. The lowest BCUT2D eigenvalue weighted by Gasteiger charge is -2.10. The van der Waals surface area contributed by atoms with Crippen LogP contribution in [0.1, 0.15) is 34.2 Å². The molecule has 0 fully saturated rings. The van der Waals surface area contributed by atoms with E-state index >= 15 is 0 Å². The summed E-state index contributed by atoms with van der Waals surface area (Å²) in [5.41, 5.74) is 6.55. The van der Waals surface area contributed by atoms with Gasteiger partial charge >= 0.3 is 11.9 Å². The van der Waals surface area contributed by atoms with Crippen molar-refractivity contribution in [3.05, 3.63) is 131 Å². The number of ether oxygens (including phenoxy) is 2. The van der Waals surface area contributed by atoms with Crippen LogP contribution in [0.2, 0.25) is 0 Å². The number of H-pyrrole nitrogens is 1. The van der Waals surface area contributed by atoms with E-state index in [1.54, 1.807) is 42.5 Å². The Kier molecular flexibility index (Phi) is 7.20. The van der Waals surface area contributed by atoms with E-state index in [1.165, 1.54) is 5.56 Å². The van der Waals surface area contributed by atoms with Crippen molar-refractivity contribution in [3.63, 3.8) is 0 Å². The number of para-hydroxylation sites is 1. The molecule has 0 unspecified atom stereocenters. The number of carbonyl (C=O) groups excluding carboxylic acids is 2. The van der Waals surface area contributed by atoms with E-state index in [4.69, 9.17) is 9.47 Å². The first-order chi connectivity index (χ1) is 20.0. The maximum Gasteiger partial charge on any atom is 0.315 e. The Morgan fingerprint density at radius 1 is 0.780 bits per heavy atom. The second kappa shape index (κ2) is 11.4. The molecule has 1 aliphatic rings. The van der Waals surface area contributed by atoms with Gasteiger partial charge in [-0.05, 0) is 70.1 Å². The molecule has 6 nitrogen and oxygen atoms in total. The molecule has 202 valence electrons. The zero-order valence-electron chi connectivity index (χ0n) is 22.2. The third kappa shape index (κ3) is 6.12. The monoisotopic (exact) mass is 541 g/mol. The Bertz CT molecular complexity index is 1810. The number of carbonyl (C=O) groups is 2. The van der Waals surface area contributed by atoms with Gasteiger partial charge in [-0.3, -0.25) is 9.59 Å². The van der Waals surface area contributed by atoms with Crippen molar-refractivity contribution < 1.29 is 24.2 Å². The molecule has 1 heterocycles. The minimum atomic E-state index is -0.431. The molecular weight excluding hydrogens is 514 g/mol. The Morgan fingerprint density at radius 2 is 1.46 bits per heavy atom. The van der Waals surface area contributed by atoms with Gasteiger partial charge in [0.1, 0.15) is 17.2 Å². The Balaban J connectivity index is 1.22. The number of rotatable bonds is 8. The standard InChI is InChI=1S/C35H27NO5/c37-28-15-11-23(12-16-28)9-10-24-17-29(40-34(38)19-26-14-13-25-5-1-2-6-31(25)26)21-30(18-24)41-35(39)20-27-22-36-33-8-4-3-7-32(27)33/h1-12,14-18,21-22,36-37H,13,19-20H2/b10-9+. The van der Waals surface area contributed by atoms with E-state index in [-0.39, 0.29) is 30.1 Å². The van der Waals surface area contributed by atoms with Crippen molar-refractivity contribution in [1.29, 1.82) is 0 Å². The van der Waals surface area contributed by atoms with Crippen LogP contribution in [-0.2, 0) is 22.4 Å². The number of phenols is 1. The van der Waals surface area contributed by atoms with Gasteiger partial charge in [0.05, 0.1) is 12.8 Å². The van der Waals surface area contributed by atoms with Crippen LogP contribution in [0.15, 0.2) is 103 Å². The molecule has 0 bridgehead atoms. The second-order valence-corrected chi connectivity index (χ2v) is 9.91. The van der Waals surface area contributed by atoms with Crippen LogP contribution in [0.3, 0.4) is 0 Å². The molecule has 0 atom stereocenters. The molecule has 41 heavy (non-hydrogen) atoms. The zero-order valence-corrected chi connectivity index (χ0v) is 22.2. The van der Waals surface area contributed by atoms with E-state index in [0.29, 0.717) is 5.56 Å². The number of aromatic amines is 1. The van der Waals surface area contributed by atoms with Crippen LogP contribution in [0, 0.1) is 0 Å². The Morgan fingerprint density at radius 3 is 2.27 bits per heavy atom. The van der Waals surface area contributed by atoms with Crippen LogP contribution < -0.4 is 9.47 Å². The zero-order chi connectivity index (χ0) is 28.2. The number of aromatic hydroxyl groups is 1. The predicted molar refractivity (Wildman–Crippen MR) is 159 cm³/mol. The number of esters is 2. The van der Waals surface area contributed by atoms with Crippen molar-refractivity contribution in [1.82, 2.24) is 4.98 Å². The molecule has 0 aliphatic heterocycles. The molecule has 0 radical (unpaired) electrons. The number of fused-ring (bicyclic) bond motifs is 2. The first-order valence-electron chi connectivity index (χ1n) is 13.4. The van der Waals surface area contributed by atoms with Gasteiger partial charge in [-0.1, -0.05) is 72.8 Å². The highest BCUT2D eigenvalue weighted by Gasteiger charge is 2.18. The largest absolute Gasteiger partial charge is 0.508 e. The summed E-state index contributed by atoms with van der Waals surface area (Å²) in [4.78, 5) is 29.1. The van der Waals surface area contributed by atoms with Crippen LogP contribution in [0.4, 0.5) is 0 Å². The topological polar surface area (TPSA) is 88.6 Å². The maximum atomic E-state index is 13.0. The summed E-state index contributed by atoms with van der Waals surface area (Å²) in [6.07, 6.45) is 8.58. The molecule has 0 amide bonds. The molecule has 6 rings (SSSR count). The van der Waals surface area contributed by atoms with Gasteiger partial charge in [0.25, 0.3) is 0 Å². The van der Waals surface area contributed by atoms with Crippen LogP contribution in [0.25, 0.3) is 28.6 Å². The van der Waals surface area contributed by atoms with E-state index in [1.807, 2.05) is 60.8 Å². The summed E-state index contributed by atoms with van der Waals surface area (Å²) in [5, 5.41) is 10.5. The molecule has 2 N–H and O–H groups in total. The summed E-state index contributed by atoms with van der Waals surface area (Å²) in [6, 6.07) is 27.6. The third-order valence-corrected chi connectivity index (χ3v) is 7.00. The molecule has 6 heteroatoms. The summed E-state index contributed by atoms with van der Waals surface area (Å²) in [5.74, 6) is -0.0934. The summed E-state index contributed by atoms with van der Waals surface area (Å²) < 4.78 is 11.5. The molecular formula is C35H27NO5. The van der Waals surface area contributed by atoms with Gasteiger partial charge in [-0.15, -0.1) is 0 Å². The van der Waals surface area contributed by atoms with E-state index in [0.717, 1.165) is 39.6 Å². The number of benzene rings is 4. The third-order valence-electron chi connectivity index (χ3n) is 7.00. The van der Waals surface area contributed by atoms with Crippen molar-refractivity contribution in [2.75, 3.05) is 0 Å². The fourth-order valence-corrected chi connectivity index (χ4v) is 5.03. The van der Waals surface area contributed by atoms with Gasteiger partial charge in [0, 0.05) is 23.2 Å². The number of allylic oxidation sites excluding steroid dienone is 1. The highest BCUT2D eigenvalue weighted by molar-refractivity contribution is 5.90. The molecule has 0 saturated heterocycles. The lowest BCUT2D eigenvalue weighted by Crippen LogP contribution is -2.12. The Labute approximate surface area is 237 Å². The number of hydrogen-bond acceptors (Lipinski definition) is 5. The van der Waals surface area contributed by atoms with Crippen LogP contribution in [-0.4, -0.2) is 22.0 Å². The molecule has 1 aliphatic carbocycles. The van der Waals surface area contributed by atoms with Gasteiger partial charge in [0.15, 0.2) is 0 Å². The number of aromatic nitrogens is 1. The molecule has 1 aromatic heterocycles. The van der Waals surface area contributed by atoms with Crippen molar-refractivity contribution in [2.45, 2.75) is 19.3 Å². The average molecular weight is 542 g/mol. The highest BCUT2D eigenvalue weighted by Crippen LogP contribution is 2.31. The normalized spacial score (nSPS) is 12.3. The first-order valence-corrected chi connectivity index (χ1v) is 13.4. The number of nitrogens with one attached hydrogen (secondary N) is 1. The molecule has 5 aromatic rings. The fourth-order valence-electron chi connectivity index (χ4n) is 5.03.